The molecule has 0 fully saturated rings. The summed E-state index contributed by atoms with van der Waals surface area (Å²) in [5.41, 5.74) is 0.939. The van der Waals surface area contributed by atoms with Gasteiger partial charge < -0.3 is 5.32 Å². The monoisotopic (exact) mass is 422 g/mol. The molecule has 2 aromatic rings. The number of sulfone groups is 2. The Labute approximate surface area is 165 Å². The van der Waals surface area contributed by atoms with E-state index in [1.54, 1.807) is 38.1 Å². The highest BCUT2D eigenvalue weighted by Crippen LogP contribution is 2.33. The number of hydrogen-bond donors (Lipinski definition) is 1. The molecule has 0 bridgehead atoms. The second kappa shape index (κ2) is 8.24. The van der Waals surface area contributed by atoms with E-state index in [0.29, 0.717) is 11.3 Å². The van der Waals surface area contributed by atoms with Crippen molar-refractivity contribution in [1.82, 2.24) is 9.97 Å². The molecule has 1 heterocycles. The highest BCUT2D eigenvalue weighted by molar-refractivity contribution is 7.93. The maximum Gasteiger partial charge on any atom is 0.188 e. The molecule has 0 aliphatic heterocycles. The summed E-state index contributed by atoms with van der Waals surface area (Å²) in [7, 11) is -7.04. The van der Waals surface area contributed by atoms with Crippen LogP contribution in [0.3, 0.4) is 0 Å². The zero-order valence-corrected chi connectivity index (χ0v) is 17.5. The zero-order valence-electron chi connectivity index (χ0n) is 15.9. The number of rotatable bonds is 8. The predicted molar refractivity (Wildman–Crippen MR) is 107 cm³/mol. The number of anilines is 2. The fourth-order valence-electron chi connectivity index (χ4n) is 2.60. The van der Waals surface area contributed by atoms with E-state index in [2.05, 4.69) is 15.3 Å². The maximum absolute atomic E-state index is 13.2. The number of hydrogen-bond acceptors (Lipinski definition) is 8. The van der Waals surface area contributed by atoms with Gasteiger partial charge in [-0.25, -0.2) is 26.8 Å². The second-order valence-corrected chi connectivity index (χ2v) is 11.9. The van der Waals surface area contributed by atoms with Crippen LogP contribution in [-0.4, -0.2) is 43.6 Å². The van der Waals surface area contributed by atoms with Gasteiger partial charge in [0.25, 0.3) is 0 Å². The van der Waals surface area contributed by atoms with Crippen molar-refractivity contribution in [3.05, 3.63) is 42.4 Å². The topological polar surface area (TPSA) is 130 Å². The van der Waals surface area contributed by atoms with Crippen LogP contribution in [0.25, 0.3) is 0 Å². The molecule has 0 atom stereocenters. The molecule has 0 aliphatic carbocycles. The summed E-state index contributed by atoms with van der Waals surface area (Å²) >= 11 is 0. The first-order valence-electron chi connectivity index (χ1n) is 8.46. The minimum atomic E-state index is -3.87. The summed E-state index contributed by atoms with van der Waals surface area (Å²) in [6.45, 7) is 3.11. The average Bonchev–Trinajstić information content (AvgIpc) is 2.60. The van der Waals surface area contributed by atoms with E-state index >= 15 is 0 Å². The standard InChI is InChI=1S/C18H22N4O4S2/c1-18(2,8-5-9-27(3,23)24)28(25,26)16-12-20-13-21-17(16)22-15-7-4-6-14(10-15)11-19/h4,6-7,10,12-13H,5,8-9H2,1-3H3,(H,20,21,22). The Kier molecular flexibility index (Phi) is 6.41. The quantitative estimate of drug-likeness (QED) is 0.686. The van der Waals surface area contributed by atoms with Gasteiger partial charge in [-0.05, 0) is 44.9 Å². The van der Waals surface area contributed by atoms with E-state index in [1.165, 1.54) is 12.5 Å². The predicted octanol–water partition coefficient (Wildman–Crippen LogP) is 2.47. The smallest absolute Gasteiger partial charge is 0.188 e. The van der Waals surface area contributed by atoms with E-state index in [4.69, 9.17) is 5.26 Å². The van der Waals surface area contributed by atoms with E-state index < -0.39 is 24.4 Å². The van der Waals surface area contributed by atoms with Gasteiger partial charge in [0.1, 0.15) is 21.1 Å². The summed E-state index contributed by atoms with van der Waals surface area (Å²) in [4.78, 5) is 7.81. The van der Waals surface area contributed by atoms with Crippen molar-refractivity contribution in [2.75, 3.05) is 17.3 Å². The highest BCUT2D eigenvalue weighted by atomic mass is 32.2. The SMILES string of the molecule is CC(C)(CCCS(C)(=O)=O)S(=O)(=O)c1cncnc1Nc1cccc(C#N)c1. The molecule has 1 aromatic heterocycles. The van der Waals surface area contributed by atoms with Gasteiger partial charge in [0, 0.05) is 17.7 Å². The third-order valence-corrected chi connectivity index (χ3v) is 7.81. The maximum atomic E-state index is 13.2. The van der Waals surface area contributed by atoms with Crippen molar-refractivity contribution in [2.45, 2.75) is 36.3 Å². The lowest BCUT2D eigenvalue weighted by molar-refractivity contribution is 0.520. The number of aromatic nitrogens is 2. The Morgan fingerprint density at radius 1 is 1.21 bits per heavy atom. The van der Waals surface area contributed by atoms with Crippen LogP contribution in [0.2, 0.25) is 0 Å². The van der Waals surface area contributed by atoms with Crippen LogP contribution in [0.1, 0.15) is 32.3 Å². The first-order valence-corrected chi connectivity index (χ1v) is 12.0. The molecular formula is C18H22N4O4S2. The van der Waals surface area contributed by atoms with E-state index in [-0.39, 0.29) is 29.3 Å². The molecule has 0 saturated carbocycles. The minimum absolute atomic E-state index is 0.0801. The van der Waals surface area contributed by atoms with Crippen molar-refractivity contribution < 1.29 is 16.8 Å². The van der Waals surface area contributed by atoms with Crippen LogP contribution >= 0.6 is 0 Å². The van der Waals surface area contributed by atoms with Crippen LogP contribution in [0, 0.1) is 11.3 Å². The fraction of sp³-hybridized carbons (Fsp3) is 0.389. The van der Waals surface area contributed by atoms with E-state index in [9.17, 15) is 16.8 Å². The van der Waals surface area contributed by atoms with Crippen molar-refractivity contribution in [2.24, 2.45) is 0 Å². The third kappa shape index (κ3) is 5.27. The van der Waals surface area contributed by atoms with Gasteiger partial charge in [0.15, 0.2) is 15.7 Å². The van der Waals surface area contributed by atoms with Gasteiger partial charge in [-0.15, -0.1) is 0 Å². The molecule has 1 aromatic carbocycles. The van der Waals surface area contributed by atoms with E-state index in [1.807, 2.05) is 6.07 Å². The first-order chi connectivity index (χ1) is 13.0. The average molecular weight is 423 g/mol. The van der Waals surface area contributed by atoms with Crippen LogP contribution in [0.5, 0.6) is 0 Å². The fourth-order valence-corrected chi connectivity index (χ4v) is 4.84. The molecular weight excluding hydrogens is 400 g/mol. The molecule has 0 saturated heterocycles. The van der Waals surface area contributed by atoms with Crippen molar-refractivity contribution in [3.8, 4) is 6.07 Å². The Bertz CT molecular complexity index is 1100. The lowest BCUT2D eigenvalue weighted by Gasteiger charge is -2.25. The Morgan fingerprint density at radius 3 is 2.57 bits per heavy atom. The summed E-state index contributed by atoms with van der Waals surface area (Å²) in [6.07, 6.45) is 3.96. The van der Waals surface area contributed by atoms with Gasteiger partial charge in [0.2, 0.25) is 0 Å². The molecule has 0 radical (unpaired) electrons. The van der Waals surface area contributed by atoms with Crippen molar-refractivity contribution in [3.63, 3.8) is 0 Å². The molecule has 150 valence electrons. The zero-order chi connectivity index (χ0) is 21.0. The Morgan fingerprint density at radius 2 is 1.93 bits per heavy atom. The van der Waals surface area contributed by atoms with Gasteiger partial charge in [-0.2, -0.15) is 5.26 Å². The number of benzene rings is 1. The molecule has 0 amide bonds. The molecule has 28 heavy (non-hydrogen) atoms. The molecule has 1 N–H and O–H groups in total. The van der Waals surface area contributed by atoms with Crippen LogP contribution in [-0.2, 0) is 19.7 Å². The van der Waals surface area contributed by atoms with E-state index in [0.717, 1.165) is 6.26 Å². The molecule has 10 heteroatoms. The number of nitrogens with one attached hydrogen (secondary N) is 1. The minimum Gasteiger partial charge on any atom is -0.339 e. The molecule has 0 spiro atoms. The molecule has 8 nitrogen and oxygen atoms in total. The summed E-state index contributed by atoms with van der Waals surface area (Å²) in [5.74, 6) is 0.0183. The van der Waals surface area contributed by atoms with Crippen molar-refractivity contribution in [1.29, 1.82) is 5.26 Å². The third-order valence-electron chi connectivity index (χ3n) is 4.24. The van der Waals surface area contributed by atoms with Crippen molar-refractivity contribution >= 4 is 31.2 Å². The first kappa shape index (κ1) is 21.8. The largest absolute Gasteiger partial charge is 0.339 e. The second-order valence-electron chi connectivity index (χ2n) is 7.05. The lowest BCUT2D eigenvalue weighted by Crippen LogP contribution is -2.33. The highest BCUT2D eigenvalue weighted by Gasteiger charge is 2.37. The normalized spacial score (nSPS) is 12.4. The Balaban J connectivity index is 2.34. The van der Waals surface area contributed by atoms with Gasteiger partial charge in [-0.1, -0.05) is 6.07 Å². The van der Waals surface area contributed by atoms with Gasteiger partial charge in [0.05, 0.1) is 22.6 Å². The number of nitrogens with zero attached hydrogens (tertiary/aromatic N) is 3. The number of nitriles is 1. The van der Waals surface area contributed by atoms with Gasteiger partial charge >= 0.3 is 0 Å². The molecule has 0 aliphatic rings. The van der Waals surface area contributed by atoms with Gasteiger partial charge in [-0.3, -0.25) is 0 Å². The summed E-state index contributed by atoms with van der Waals surface area (Å²) in [6, 6.07) is 8.59. The molecule has 0 unspecified atom stereocenters. The lowest BCUT2D eigenvalue weighted by atomic mass is 10.1. The summed E-state index contributed by atoms with van der Waals surface area (Å²) in [5, 5.41) is 11.9. The molecule has 2 rings (SSSR count). The van der Waals surface area contributed by atoms with Crippen LogP contribution in [0.15, 0.2) is 41.7 Å². The Hall–Kier alpha value is -2.51. The van der Waals surface area contributed by atoms with Crippen LogP contribution in [0.4, 0.5) is 11.5 Å². The van der Waals surface area contributed by atoms with Crippen LogP contribution < -0.4 is 5.32 Å². The summed E-state index contributed by atoms with van der Waals surface area (Å²) < 4.78 is 47.9.